The minimum absolute atomic E-state index is 0.171. The maximum absolute atomic E-state index is 13.0. The van der Waals surface area contributed by atoms with Crippen molar-refractivity contribution in [1.82, 2.24) is 15.3 Å². The first-order chi connectivity index (χ1) is 16.1. The van der Waals surface area contributed by atoms with Gasteiger partial charge in [0.1, 0.15) is 0 Å². The Morgan fingerprint density at radius 3 is 2.70 bits per heavy atom. The number of aromatic nitrogens is 2. The first-order valence-electron chi connectivity index (χ1n) is 10.5. The van der Waals surface area contributed by atoms with E-state index in [1.165, 1.54) is 0 Å². The summed E-state index contributed by atoms with van der Waals surface area (Å²) >= 11 is 7.80. The molecule has 1 N–H and O–H groups in total. The van der Waals surface area contributed by atoms with Crippen LogP contribution in [-0.2, 0) is 6.54 Å². The van der Waals surface area contributed by atoms with Crippen LogP contribution in [0.1, 0.15) is 21.5 Å². The molecule has 0 aliphatic heterocycles. The highest BCUT2D eigenvalue weighted by atomic mass is 35.5. The van der Waals surface area contributed by atoms with Crippen molar-refractivity contribution in [2.24, 2.45) is 0 Å². The Morgan fingerprint density at radius 1 is 1.03 bits per heavy atom. The molecule has 5 aromatic rings. The number of amides is 1. The standard InChI is InChI=1S/C27H20ClN3OS/c1-17-3-2-4-19(11-17)26-24(18-7-9-29-10-8-18)12-20(14-30-26)27(32)31-15-21-16-33-25-6-5-22(28)13-23(21)25/h2-14,16H,15H2,1H3,(H,31,32). The molecule has 6 heteroatoms. The molecule has 0 fully saturated rings. The molecule has 0 bridgehead atoms. The molecule has 3 aromatic heterocycles. The second-order valence-corrected chi connectivity index (χ2v) is 9.16. The quantitative estimate of drug-likeness (QED) is 0.304. The Kier molecular flexibility index (Phi) is 5.90. The highest BCUT2D eigenvalue weighted by Gasteiger charge is 2.15. The number of halogens is 1. The number of nitrogens with one attached hydrogen (secondary N) is 1. The lowest BCUT2D eigenvalue weighted by Crippen LogP contribution is -2.23. The van der Waals surface area contributed by atoms with Crippen molar-refractivity contribution >= 4 is 38.9 Å². The Morgan fingerprint density at radius 2 is 1.88 bits per heavy atom. The summed E-state index contributed by atoms with van der Waals surface area (Å²) in [5, 5.41) is 6.84. The Balaban J connectivity index is 1.46. The number of carbonyl (C=O) groups excluding carboxylic acids is 1. The molecule has 4 nitrogen and oxygen atoms in total. The topological polar surface area (TPSA) is 54.9 Å². The summed E-state index contributed by atoms with van der Waals surface area (Å²) in [6.45, 7) is 2.47. The number of thiophene rings is 1. The zero-order valence-corrected chi connectivity index (χ0v) is 19.5. The van der Waals surface area contributed by atoms with E-state index in [2.05, 4.69) is 34.7 Å². The van der Waals surface area contributed by atoms with Gasteiger partial charge in [-0.25, -0.2) is 0 Å². The van der Waals surface area contributed by atoms with Crippen molar-refractivity contribution in [1.29, 1.82) is 0 Å². The summed E-state index contributed by atoms with van der Waals surface area (Å²) in [5.74, 6) is -0.171. The summed E-state index contributed by atoms with van der Waals surface area (Å²) in [5.41, 5.74) is 6.40. The molecule has 5 rings (SSSR count). The first-order valence-corrected chi connectivity index (χ1v) is 11.8. The molecule has 162 valence electrons. The third-order valence-electron chi connectivity index (χ3n) is 5.49. The first kappa shape index (κ1) is 21.3. The van der Waals surface area contributed by atoms with E-state index < -0.39 is 0 Å². The summed E-state index contributed by atoms with van der Waals surface area (Å²) < 4.78 is 1.15. The highest BCUT2D eigenvalue weighted by Crippen LogP contribution is 2.32. The van der Waals surface area contributed by atoms with Crippen LogP contribution in [0.4, 0.5) is 0 Å². The average Bonchev–Trinajstić information content (AvgIpc) is 3.24. The van der Waals surface area contributed by atoms with Gasteiger partial charge >= 0.3 is 0 Å². The molecular formula is C27H20ClN3OS. The van der Waals surface area contributed by atoms with E-state index in [4.69, 9.17) is 16.6 Å². The van der Waals surface area contributed by atoms with E-state index in [9.17, 15) is 4.79 Å². The number of fused-ring (bicyclic) bond motifs is 1. The minimum atomic E-state index is -0.171. The predicted octanol–water partition coefficient (Wildman–Crippen LogP) is 6.92. The Bertz CT molecular complexity index is 1460. The van der Waals surface area contributed by atoms with Gasteiger partial charge in [-0.05, 0) is 71.3 Å². The zero-order valence-electron chi connectivity index (χ0n) is 17.9. The number of pyridine rings is 2. The number of aryl methyl sites for hydroxylation is 1. The van der Waals surface area contributed by atoms with Gasteiger partial charge in [0.25, 0.3) is 5.91 Å². The lowest BCUT2D eigenvalue weighted by atomic mass is 9.97. The Hall–Kier alpha value is -3.54. The van der Waals surface area contributed by atoms with Crippen LogP contribution in [0.3, 0.4) is 0 Å². The molecule has 1 amide bonds. The van der Waals surface area contributed by atoms with Crippen molar-refractivity contribution in [3.8, 4) is 22.4 Å². The zero-order chi connectivity index (χ0) is 22.8. The fourth-order valence-electron chi connectivity index (χ4n) is 3.83. The van der Waals surface area contributed by atoms with E-state index >= 15 is 0 Å². The van der Waals surface area contributed by atoms with Gasteiger partial charge in [0.2, 0.25) is 0 Å². The summed E-state index contributed by atoms with van der Waals surface area (Å²) in [4.78, 5) is 21.9. The summed E-state index contributed by atoms with van der Waals surface area (Å²) in [6, 6.07) is 19.8. The van der Waals surface area contributed by atoms with Gasteiger partial charge in [0, 0.05) is 46.0 Å². The smallest absolute Gasteiger partial charge is 0.253 e. The average molecular weight is 470 g/mol. The molecular weight excluding hydrogens is 450 g/mol. The van der Waals surface area contributed by atoms with Gasteiger partial charge in [-0.2, -0.15) is 0 Å². The molecule has 0 atom stereocenters. The second-order valence-electron chi connectivity index (χ2n) is 7.81. The highest BCUT2D eigenvalue weighted by molar-refractivity contribution is 7.17. The molecule has 0 saturated carbocycles. The third-order valence-corrected chi connectivity index (χ3v) is 6.74. The molecule has 3 heterocycles. The van der Waals surface area contributed by atoms with Gasteiger partial charge in [-0.15, -0.1) is 11.3 Å². The molecule has 0 saturated heterocycles. The van der Waals surface area contributed by atoms with Crippen molar-refractivity contribution in [3.05, 3.63) is 106 Å². The number of hydrogen-bond acceptors (Lipinski definition) is 4. The molecule has 2 aromatic carbocycles. The SMILES string of the molecule is Cc1cccc(-c2ncc(C(=O)NCc3csc4ccc(Cl)cc34)cc2-c2ccncc2)c1. The van der Waals surface area contributed by atoms with Crippen LogP contribution in [0.15, 0.2) is 84.6 Å². The maximum atomic E-state index is 13.0. The second kappa shape index (κ2) is 9.14. The van der Waals surface area contributed by atoms with Crippen LogP contribution in [0.5, 0.6) is 0 Å². The van der Waals surface area contributed by atoms with Crippen molar-refractivity contribution in [3.63, 3.8) is 0 Å². The third kappa shape index (κ3) is 4.51. The monoisotopic (exact) mass is 469 g/mol. The van der Waals surface area contributed by atoms with Crippen molar-refractivity contribution in [2.45, 2.75) is 13.5 Å². The van der Waals surface area contributed by atoms with Crippen LogP contribution >= 0.6 is 22.9 Å². The molecule has 0 spiro atoms. The van der Waals surface area contributed by atoms with E-state index in [-0.39, 0.29) is 5.91 Å². The molecule has 33 heavy (non-hydrogen) atoms. The maximum Gasteiger partial charge on any atom is 0.253 e. The predicted molar refractivity (Wildman–Crippen MR) is 136 cm³/mol. The number of hydrogen-bond donors (Lipinski definition) is 1. The van der Waals surface area contributed by atoms with E-state index in [1.54, 1.807) is 29.9 Å². The largest absolute Gasteiger partial charge is 0.348 e. The number of carbonyl (C=O) groups is 1. The van der Waals surface area contributed by atoms with Gasteiger partial charge in [0.15, 0.2) is 0 Å². The lowest BCUT2D eigenvalue weighted by Gasteiger charge is -2.12. The van der Waals surface area contributed by atoms with Crippen molar-refractivity contribution in [2.75, 3.05) is 0 Å². The van der Waals surface area contributed by atoms with Crippen LogP contribution in [0.25, 0.3) is 32.5 Å². The van der Waals surface area contributed by atoms with Crippen molar-refractivity contribution < 1.29 is 4.79 Å². The number of rotatable bonds is 5. The lowest BCUT2D eigenvalue weighted by molar-refractivity contribution is 0.0951. The summed E-state index contributed by atoms with van der Waals surface area (Å²) in [7, 11) is 0. The molecule has 0 aliphatic rings. The number of nitrogens with zero attached hydrogens (tertiary/aromatic N) is 2. The van der Waals surface area contributed by atoms with Crippen LogP contribution in [0.2, 0.25) is 5.02 Å². The molecule has 0 aliphatic carbocycles. The fraction of sp³-hybridized carbons (Fsp3) is 0.0741. The van der Waals surface area contributed by atoms with Crippen LogP contribution in [0, 0.1) is 6.92 Å². The number of benzene rings is 2. The van der Waals surface area contributed by atoms with E-state index in [1.807, 2.05) is 48.5 Å². The molecule has 0 radical (unpaired) electrons. The van der Waals surface area contributed by atoms with E-state index in [0.29, 0.717) is 17.1 Å². The van der Waals surface area contributed by atoms with Gasteiger partial charge in [0.05, 0.1) is 11.3 Å². The van der Waals surface area contributed by atoms with E-state index in [0.717, 1.165) is 43.6 Å². The van der Waals surface area contributed by atoms with Gasteiger partial charge in [-0.3, -0.25) is 14.8 Å². The van der Waals surface area contributed by atoms with Gasteiger partial charge in [-0.1, -0.05) is 35.4 Å². The minimum Gasteiger partial charge on any atom is -0.348 e. The van der Waals surface area contributed by atoms with Crippen LogP contribution in [-0.4, -0.2) is 15.9 Å². The molecule has 0 unspecified atom stereocenters. The summed E-state index contributed by atoms with van der Waals surface area (Å²) in [6.07, 6.45) is 5.13. The van der Waals surface area contributed by atoms with Gasteiger partial charge < -0.3 is 5.32 Å². The fourth-order valence-corrected chi connectivity index (χ4v) is 4.95. The Labute approximate surface area is 200 Å². The normalized spacial score (nSPS) is 11.0. The van der Waals surface area contributed by atoms with Crippen LogP contribution < -0.4 is 5.32 Å².